The number of hydrogen-bond acceptors (Lipinski definition) is 6. The zero-order valence-corrected chi connectivity index (χ0v) is 9.49. The van der Waals surface area contributed by atoms with Gasteiger partial charge >= 0.3 is 0 Å². The molecule has 0 aromatic carbocycles. The fourth-order valence-electron chi connectivity index (χ4n) is 1.14. The monoisotopic (exact) mass is 234 g/mol. The number of aryl methyl sites for hydroxylation is 1. The summed E-state index contributed by atoms with van der Waals surface area (Å²) >= 11 is 1.40. The minimum absolute atomic E-state index is 0.0186. The average molecular weight is 234 g/mol. The lowest BCUT2D eigenvalue weighted by Crippen LogP contribution is -2.13. The number of carbonyl (C=O) groups excluding carboxylic acids is 1. The van der Waals surface area contributed by atoms with Crippen molar-refractivity contribution in [2.24, 2.45) is 0 Å². The summed E-state index contributed by atoms with van der Waals surface area (Å²) in [6.07, 6.45) is 4.84. The van der Waals surface area contributed by atoms with Crippen molar-refractivity contribution in [3.63, 3.8) is 0 Å². The summed E-state index contributed by atoms with van der Waals surface area (Å²) < 4.78 is 0. The van der Waals surface area contributed by atoms with Crippen molar-refractivity contribution in [1.29, 1.82) is 0 Å². The Hall–Kier alpha value is -1.82. The lowest BCUT2D eigenvalue weighted by molar-refractivity contribution is 0.101. The van der Waals surface area contributed by atoms with Crippen molar-refractivity contribution in [2.45, 2.75) is 6.92 Å². The Morgan fingerprint density at radius 1 is 1.44 bits per heavy atom. The van der Waals surface area contributed by atoms with Crippen LogP contribution in [0.25, 0.3) is 0 Å². The SMILES string of the molecule is Cc1cnc(C(=O)CNc2ccnnc2)s1. The lowest BCUT2D eigenvalue weighted by atomic mass is 10.4. The molecule has 0 fully saturated rings. The van der Waals surface area contributed by atoms with Crippen molar-refractivity contribution in [1.82, 2.24) is 15.2 Å². The molecule has 6 heteroatoms. The summed E-state index contributed by atoms with van der Waals surface area (Å²) in [5.41, 5.74) is 0.775. The van der Waals surface area contributed by atoms with E-state index < -0.39 is 0 Å². The van der Waals surface area contributed by atoms with Gasteiger partial charge in [-0.15, -0.1) is 11.3 Å². The number of nitrogens with zero attached hydrogens (tertiary/aromatic N) is 3. The van der Waals surface area contributed by atoms with Gasteiger partial charge in [-0.25, -0.2) is 4.98 Å². The molecule has 0 amide bonds. The molecule has 5 nitrogen and oxygen atoms in total. The minimum atomic E-state index is -0.0186. The predicted molar refractivity (Wildman–Crippen MR) is 61.7 cm³/mol. The van der Waals surface area contributed by atoms with Gasteiger partial charge in [0.2, 0.25) is 5.78 Å². The van der Waals surface area contributed by atoms with E-state index >= 15 is 0 Å². The zero-order valence-electron chi connectivity index (χ0n) is 8.67. The van der Waals surface area contributed by atoms with Gasteiger partial charge in [0.25, 0.3) is 0 Å². The average Bonchev–Trinajstić information content (AvgIpc) is 2.74. The van der Waals surface area contributed by atoms with Crippen LogP contribution in [0, 0.1) is 6.92 Å². The van der Waals surface area contributed by atoms with Gasteiger partial charge in [0.05, 0.1) is 24.6 Å². The molecule has 0 spiro atoms. The Balaban J connectivity index is 1.94. The molecule has 0 saturated carbocycles. The highest BCUT2D eigenvalue weighted by molar-refractivity contribution is 7.13. The highest BCUT2D eigenvalue weighted by Crippen LogP contribution is 2.12. The van der Waals surface area contributed by atoms with Crippen LogP contribution in [-0.4, -0.2) is 27.5 Å². The van der Waals surface area contributed by atoms with E-state index in [1.807, 2.05) is 6.92 Å². The molecule has 0 bridgehead atoms. The number of anilines is 1. The number of aromatic nitrogens is 3. The van der Waals surface area contributed by atoms with E-state index in [9.17, 15) is 4.79 Å². The Bertz CT molecular complexity index is 483. The van der Waals surface area contributed by atoms with Crippen LogP contribution in [0.4, 0.5) is 5.69 Å². The third kappa shape index (κ3) is 2.60. The summed E-state index contributed by atoms with van der Waals surface area (Å²) in [6.45, 7) is 2.15. The fraction of sp³-hybridized carbons (Fsp3) is 0.200. The molecular weight excluding hydrogens is 224 g/mol. The molecule has 2 aromatic rings. The zero-order chi connectivity index (χ0) is 11.4. The molecule has 16 heavy (non-hydrogen) atoms. The van der Waals surface area contributed by atoms with Crippen molar-refractivity contribution in [3.8, 4) is 0 Å². The smallest absolute Gasteiger partial charge is 0.210 e. The van der Waals surface area contributed by atoms with Gasteiger partial charge in [0.1, 0.15) is 0 Å². The van der Waals surface area contributed by atoms with Crippen LogP contribution in [0.3, 0.4) is 0 Å². The molecule has 0 aliphatic heterocycles. The Morgan fingerprint density at radius 3 is 2.94 bits per heavy atom. The highest BCUT2D eigenvalue weighted by atomic mass is 32.1. The first-order valence-corrected chi connectivity index (χ1v) is 5.53. The predicted octanol–water partition coefficient (Wildman–Crippen LogP) is 1.54. The summed E-state index contributed by atoms with van der Waals surface area (Å²) in [5.74, 6) is -0.0186. The maximum absolute atomic E-state index is 11.7. The third-order valence-electron chi connectivity index (χ3n) is 1.90. The molecule has 2 rings (SSSR count). The van der Waals surface area contributed by atoms with Crippen molar-refractivity contribution < 1.29 is 4.79 Å². The number of thiazole rings is 1. The van der Waals surface area contributed by atoms with Crippen LogP contribution in [-0.2, 0) is 0 Å². The molecule has 0 atom stereocenters. The Morgan fingerprint density at radius 2 is 2.31 bits per heavy atom. The second kappa shape index (κ2) is 4.80. The molecule has 0 saturated heterocycles. The standard InChI is InChI=1S/C10H10N4OS/c1-7-4-12-10(16-7)9(15)6-11-8-2-3-13-14-5-8/h2-5H,6H2,1H3,(H,11,13). The first kappa shape index (κ1) is 10.7. The van der Waals surface area contributed by atoms with E-state index in [-0.39, 0.29) is 12.3 Å². The number of hydrogen-bond donors (Lipinski definition) is 1. The summed E-state index contributed by atoms with van der Waals surface area (Å²) in [5, 5.41) is 10.9. The summed E-state index contributed by atoms with van der Waals surface area (Å²) in [4.78, 5) is 16.7. The van der Waals surface area contributed by atoms with Gasteiger partial charge in [0, 0.05) is 11.1 Å². The molecule has 0 radical (unpaired) electrons. The van der Waals surface area contributed by atoms with E-state index in [4.69, 9.17) is 0 Å². The molecular formula is C10H10N4OS. The highest BCUT2D eigenvalue weighted by Gasteiger charge is 2.09. The van der Waals surface area contributed by atoms with Gasteiger partial charge in [-0.2, -0.15) is 10.2 Å². The third-order valence-corrected chi connectivity index (χ3v) is 2.85. The van der Waals surface area contributed by atoms with Crippen molar-refractivity contribution >= 4 is 22.8 Å². The second-order valence-electron chi connectivity index (χ2n) is 3.18. The lowest BCUT2D eigenvalue weighted by Gasteiger charge is -2.02. The van der Waals surface area contributed by atoms with Gasteiger partial charge in [-0.3, -0.25) is 4.79 Å². The molecule has 0 aliphatic carbocycles. The number of nitrogens with one attached hydrogen (secondary N) is 1. The van der Waals surface area contributed by atoms with Gasteiger partial charge in [0.15, 0.2) is 5.01 Å². The van der Waals surface area contributed by atoms with E-state index in [0.717, 1.165) is 10.6 Å². The van der Waals surface area contributed by atoms with Crippen LogP contribution in [0.2, 0.25) is 0 Å². The van der Waals surface area contributed by atoms with Crippen LogP contribution < -0.4 is 5.32 Å². The quantitative estimate of drug-likeness (QED) is 0.813. The number of Topliss-reactive ketones (excluding diaryl/α,β-unsaturated/α-hetero) is 1. The number of ketones is 1. The molecule has 82 valence electrons. The molecule has 2 aromatic heterocycles. The van der Waals surface area contributed by atoms with E-state index in [1.165, 1.54) is 11.3 Å². The fourth-order valence-corrected chi connectivity index (χ4v) is 1.84. The van der Waals surface area contributed by atoms with Crippen LogP contribution in [0.5, 0.6) is 0 Å². The first-order chi connectivity index (χ1) is 7.75. The van der Waals surface area contributed by atoms with E-state index in [2.05, 4.69) is 20.5 Å². The minimum Gasteiger partial charge on any atom is -0.376 e. The normalized spacial score (nSPS) is 10.1. The van der Waals surface area contributed by atoms with Gasteiger partial charge in [-0.1, -0.05) is 0 Å². The van der Waals surface area contributed by atoms with Gasteiger partial charge < -0.3 is 5.32 Å². The Labute approximate surface area is 96.6 Å². The molecule has 2 heterocycles. The topological polar surface area (TPSA) is 67.8 Å². The Kier molecular flexibility index (Phi) is 3.21. The van der Waals surface area contributed by atoms with Gasteiger partial charge in [-0.05, 0) is 13.0 Å². The maximum Gasteiger partial charge on any atom is 0.210 e. The number of carbonyl (C=O) groups is 1. The summed E-state index contributed by atoms with van der Waals surface area (Å²) in [7, 11) is 0. The molecule has 0 aliphatic rings. The second-order valence-corrected chi connectivity index (χ2v) is 4.42. The maximum atomic E-state index is 11.7. The van der Waals surface area contributed by atoms with Crippen LogP contribution in [0.15, 0.2) is 24.7 Å². The van der Waals surface area contributed by atoms with E-state index in [0.29, 0.717) is 5.01 Å². The van der Waals surface area contributed by atoms with Crippen LogP contribution >= 0.6 is 11.3 Å². The van der Waals surface area contributed by atoms with Crippen LogP contribution in [0.1, 0.15) is 14.7 Å². The van der Waals surface area contributed by atoms with E-state index in [1.54, 1.807) is 24.7 Å². The van der Waals surface area contributed by atoms with Crippen molar-refractivity contribution in [2.75, 3.05) is 11.9 Å². The largest absolute Gasteiger partial charge is 0.376 e. The molecule has 1 N–H and O–H groups in total. The number of rotatable bonds is 4. The first-order valence-electron chi connectivity index (χ1n) is 4.72. The summed E-state index contributed by atoms with van der Waals surface area (Å²) in [6, 6.07) is 1.76. The van der Waals surface area contributed by atoms with Crippen molar-refractivity contribution in [3.05, 3.63) is 34.5 Å². The molecule has 0 unspecified atom stereocenters.